The zero-order chi connectivity index (χ0) is 8.97. The number of likely N-dealkylation sites (tertiary alicyclic amines) is 1. The minimum atomic E-state index is 0.749. The summed E-state index contributed by atoms with van der Waals surface area (Å²) in [5, 5.41) is 0. The van der Waals surface area contributed by atoms with Gasteiger partial charge in [-0.05, 0) is 33.5 Å². The molecule has 72 valence electrons. The van der Waals surface area contributed by atoms with Crippen molar-refractivity contribution in [3.63, 3.8) is 0 Å². The predicted octanol–water partition coefficient (Wildman–Crippen LogP) is 1.25. The summed E-state index contributed by atoms with van der Waals surface area (Å²) in [5.41, 5.74) is 0. The van der Waals surface area contributed by atoms with Crippen LogP contribution in [0.4, 0.5) is 0 Å². The van der Waals surface area contributed by atoms with Gasteiger partial charge in [-0.2, -0.15) is 0 Å². The molecule has 1 rings (SSSR count). The average molecular weight is 191 g/mol. The third-order valence-corrected chi connectivity index (χ3v) is 2.62. The molecule has 0 aromatic heterocycles. The molecule has 0 amide bonds. The number of hydrogen-bond donors (Lipinski definition) is 0. The van der Waals surface area contributed by atoms with Gasteiger partial charge in [0.25, 0.3) is 0 Å². The van der Waals surface area contributed by atoms with Gasteiger partial charge in [0.05, 0.1) is 0 Å². The molecule has 12 heavy (non-hydrogen) atoms. The van der Waals surface area contributed by atoms with Crippen LogP contribution < -0.4 is 0 Å². The Bertz CT molecular complexity index is 128. The van der Waals surface area contributed by atoms with Crippen LogP contribution in [-0.4, -0.2) is 55.5 Å². The molecule has 0 spiro atoms. The van der Waals surface area contributed by atoms with Crippen molar-refractivity contribution in [1.82, 2.24) is 9.80 Å². The van der Waals surface area contributed by atoms with Crippen molar-refractivity contribution in [1.29, 1.82) is 0 Å². The van der Waals surface area contributed by atoms with E-state index in [-0.39, 0.29) is 0 Å². The molecule has 0 bridgehead atoms. The van der Waals surface area contributed by atoms with Crippen LogP contribution in [0, 0.1) is 0 Å². The Balaban J connectivity index is 2.30. The Morgan fingerprint density at radius 2 is 2.25 bits per heavy atom. The maximum Gasteiger partial charge on any atom is 0.0351 e. The first-order chi connectivity index (χ1) is 5.74. The topological polar surface area (TPSA) is 6.48 Å². The van der Waals surface area contributed by atoms with E-state index in [2.05, 4.69) is 23.9 Å². The van der Waals surface area contributed by atoms with Crippen molar-refractivity contribution < 1.29 is 0 Å². The van der Waals surface area contributed by atoms with E-state index >= 15 is 0 Å². The van der Waals surface area contributed by atoms with Crippen molar-refractivity contribution >= 4 is 11.6 Å². The summed E-state index contributed by atoms with van der Waals surface area (Å²) in [4.78, 5) is 4.77. The summed E-state index contributed by atoms with van der Waals surface area (Å²) < 4.78 is 0. The first kappa shape index (κ1) is 10.3. The van der Waals surface area contributed by atoms with Crippen LogP contribution >= 0.6 is 11.6 Å². The van der Waals surface area contributed by atoms with Gasteiger partial charge < -0.3 is 4.90 Å². The molecule has 0 aromatic carbocycles. The minimum absolute atomic E-state index is 0.749. The van der Waals surface area contributed by atoms with Crippen LogP contribution in [0.3, 0.4) is 0 Å². The Hall–Kier alpha value is 0.210. The van der Waals surface area contributed by atoms with E-state index in [1.54, 1.807) is 0 Å². The second kappa shape index (κ2) is 5.05. The predicted molar refractivity (Wildman–Crippen MR) is 53.9 cm³/mol. The summed E-state index contributed by atoms with van der Waals surface area (Å²) >= 11 is 5.73. The van der Waals surface area contributed by atoms with E-state index < -0.39 is 0 Å². The molecule has 0 saturated carbocycles. The number of rotatable bonds is 4. The second-order valence-electron chi connectivity index (χ2n) is 3.78. The number of hydrogen-bond acceptors (Lipinski definition) is 2. The lowest BCUT2D eigenvalue weighted by molar-refractivity contribution is 0.217. The molecule has 1 saturated heterocycles. The molecule has 2 nitrogen and oxygen atoms in total. The van der Waals surface area contributed by atoms with Crippen molar-refractivity contribution in [2.45, 2.75) is 18.9 Å². The van der Waals surface area contributed by atoms with Crippen LogP contribution in [0.15, 0.2) is 0 Å². The van der Waals surface area contributed by atoms with Crippen molar-refractivity contribution in [2.75, 3.05) is 39.6 Å². The third-order valence-electron chi connectivity index (χ3n) is 2.45. The van der Waals surface area contributed by atoms with Gasteiger partial charge >= 0.3 is 0 Å². The molecule has 0 aliphatic carbocycles. The fourth-order valence-corrected chi connectivity index (χ4v) is 2.14. The van der Waals surface area contributed by atoms with E-state index in [0.29, 0.717) is 0 Å². The summed E-state index contributed by atoms with van der Waals surface area (Å²) in [5.74, 6) is 0.768. The normalized spacial score (nSPS) is 25.5. The van der Waals surface area contributed by atoms with E-state index in [1.807, 2.05) is 0 Å². The van der Waals surface area contributed by atoms with Crippen LogP contribution in [0.2, 0.25) is 0 Å². The molecule has 1 unspecified atom stereocenters. The smallest absolute Gasteiger partial charge is 0.0351 e. The Morgan fingerprint density at radius 3 is 2.83 bits per heavy atom. The first-order valence-electron chi connectivity index (χ1n) is 4.69. The number of nitrogens with zero attached hydrogens (tertiary/aromatic N) is 2. The second-order valence-corrected chi connectivity index (χ2v) is 4.16. The van der Waals surface area contributed by atoms with Crippen LogP contribution in [0.1, 0.15) is 12.8 Å². The summed E-state index contributed by atoms with van der Waals surface area (Å²) in [6, 6.07) is 0.749. The largest absolute Gasteiger partial charge is 0.308 e. The molecule has 1 aliphatic heterocycles. The molecule has 1 fully saturated rings. The monoisotopic (exact) mass is 190 g/mol. The highest BCUT2D eigenvalue weighted by molar-refractivity contribution is 6.18. The van der Waals surface area contributed by atoms with Gasteiger partial charge in [0.15, 0.2) is 0 Å². The molecule has 0 aromatic rings. The lowest BCUT2D eigenvalue weighted by atomic mass is 10.2. The molecule has 1 aliphatic rings. The van der Waals surface area contributed by atoms with Gasteiger partial charge in [0, 0.05) is 25.0 Å². The van der Waals surface area contributed by atoms with E-state index in [1.165, 1.54) is 25.9 Å². The zero-order valence-electron chi connectivity index (χ0n) is 8.09. The molecule has 1 heterocycles. The Morgan fingerprint density at radius 1 is 1.50 bits per heavy atom. The lowest BCUT2D eigenvalue weighted by Crippen LogP contribution is -2.38. The van der Waals surface area contributed by atoms with Crippen LogP contribution in [-0.2, 0) is 0 Å². The number of likely N-dealkylation sites (N-methyl/N-ethyl adjacent to an activating group) is 1. The zero-order valence-corrected chi connectivity index (χ0v) is 8.85. The maximum atomic E-state index is 5.73. The highest BCUT2D eigenvalue weighted by atomic mass is 35.5. The van der Waals surface area contributed by atoms with E-state index in [9.17, 15) is 0 Å². The van der Waals surface area contributed by atoms with E-state index in [0.717, 1.165) is 18.5 Å². The van der Waals surface area contributed by atoms with Gasteiger partial charge in [-0.25, -0.2) is 0 Å². The molecule has 0 N–H and O–H groups in total. The molecule has 1 atom stereocenters. The quantitative estimate of drug-likeness (QED) is 0.616. The number of halogens is 1. The number of alkyl halides is 1. The minimum Gasteiger partial charge on any atom is -0.308 e. The summed E-state index contributed by atoms with van der Waals surface area (Å²) in [6.07, 6.45) is 2.68. The summed E-state index contributed by atoms with van der Waals surface area (Å²) in [7, 11) is 4.27. The maximum absolute atomic E-state index is 5.73. The lowest BCUT2D eigenvalue weighted by Gasteiger charge is -2.25. The van der Waals surface area contributed by atoms with Gasteiger partial charge in [-0.1, -0.05) is 0 Å². The van der Waals surface area contributed by atoms with Gasteiger partial charge in [-0.15, -0.1) is 11.6 Å². The molecular weight excluding hydrogens is 172 g/mol. The van der Waals surface area contributed by atoms with Crippen molar-refractivity contribution in [3.05, 3.63) is 0 Å². The van der Waals surface area contributed by atoms with E-state index in [4.69, 9.17) is 11.6 Å². The molecular formula is C9H19ClN2. The van der Waals surface area contributed by atoms with Crippen molar-refractivity contribution in [2.24, 2.45) is 0 Å². The summed E-state index contributed by atoms with van der Waals surface area (Å²) in [6.45, 7) is 3.47. The van der Waals surface area contributed by atoms with Gasteiger partial charge in [0.2, 0.25) is 0 Å². The SMILES string of the molecule is CN(C)CC1CCCN1CCCl. The van der Waals surface area contributed by atoms with Gasteiger partial charge in [-0.3, -0.25) is 4.90 Å². The van der Waals surface area contributed by atoms with Crippen LogP contribution in [0.25, 0.3) is 0 Å². The van der Waals surface area contributed by atoms with Crippen molar-refractivity contribution in [3.8, 4) is 0 Å². The van der Waals surface area contributed by atoms with Gasteiger partial charge in [0.1, 0.15) is 0 Å². The fourth-order valence-electron chi connectivity index (χ4n) is 1.93. The molecule has 3 heteroatoms. The molecule has 0 radical (unpaired) electrons. The Kier molecular flexibility index (Phi) is 4.33. The first-order valence-corrected chi connectivity index (χ1v) is 5.22. The Labute approximate surface area is 80.5 Å². The highest BCUT2D eigenvalue weighted by Gasteiger charge is 2.23. The highest BCUT2D eigenvalue weighted by Crippen LogP contribution is 2.17. The van der Waals surface area contributed by atoms with Crippen LogP contribution in [0.5, 0.6) is 0 Å². The fraction of sp³-hybridized carbons (Fsp3) is 1.00. The third kappa shape index (κ3) is 2.92. The average Bonchev–Trinajstić information content (AvgIpc) is 2.37. The standard InChI is InChI=1S/C9H19ClN2/c1-11(2)8-9-4-3-6-12(9)7-5-10/h9H,3-8H2,1-2H3.